The van der Waals surface area contributed by atoms with E-state index in [4.69, 9.17) is 14.2 Å². The summed E-state index contributed by atoms with van der Waals surface area (Å²) in [6.07, 6.45) is 4.51. The van der Waals surface area contributed by atoms with Crippen LogP contribution in [0.15, 0.2) is 30.9 Å². The van der Waals surface area contributed by atoms with Gasteiger partial charge in [-0.2, -0.15) is 0 Å². The second-order valence-corrected chi connectivity index (χ2v) is 8.97. The third-order valence-corrected chi connectivity index (χ3v) is 6.98. The molecule has 2 fully saturated rings. The fourth-order valence-corrected chi connectivity index (χ4v) is 5.49. The first-order valence-corrected chi connectivity index (χ1v) is 11.1. The number of methoxy groups -OCH3 is 1. The van der Waals surface area contributed by atoms with E-state index in [-0.39, 0.29) is 18.3 Å². The van der Waals surface area contributed by atoms with E-state index in [0.717, 1.165) is 50.4 Å². The van der Waals surface area contributed by atoms with E-state index in [2.05, 4.69) is 30.5 Å². The van der Waals surface area contributed by atoms with Crippen LogP contribution in [0.2, 0.25) is 0 Å². The van der Waals surface area contributed by atoms with Crippen molar-refractivity contribution in [2.24, 2.45) is 11.8 Å². The second-order valence-electron chi connectivity index (χ2n) is 8.97. The Bertz CT molecular complexity index is 846. The number of likely N-dealkylation sites (tertiary alicyclic amines) is 2. The lowest BCUT2D eigenvalue weighted by Crippen LogP contribution is -2.57. The molecule has 0 N–H and O–H groups in total. The Morgan fingerprint density at radius 2 is 2.06 bits per heavy atom. The van der Waals surface area contributed by atoms with Gasteiger partial charge in [0.2, 0.25) is 12.7 Å². The molecule has 1 aromatic carbocycles. The molecule has 7 heteroatoms. The molecule has 1 spiro atoms. The van der Waals surface area contributed by atoms with Crippen LogP contribution in [0.5, 0.6) is 11.5 Å². The normalized spacial score (nSPS) is 23.2. The second kappa shape index (κ2) is 8.91. The van der Waals surface area contributed by atoms with Gasteiger partial charge in [-0.15, -0.1) is 6.58 Å². The van der Waals surface area contributed by atoms with E-state index in [9.17, 15) is 9.59 Å². The van der Waals surface area contributed by atoms with Gasteiger partial charge in [-0.3, -0.25) is 9.59 Å². The summed E-state index contributed by atoms with van der Waals surface area (Å²) < 4.78 is 15.9. The molecule has 7 nitrogen and oxygen atoms in total. The quantitative estimate of drug-likeness (QED) is 0.491. The maximum absolute atomic E-state index is 12.6. The highest BCUT2D eigenvalue weighted by molar-refractivity contribution is 5.89. The van der Waals surface area contributed by atoms with E-state index in [1.165, 1.54) is 12.7 Å². The molecule has 2 unspecified atom stereocenters. The maximum Gasteiger partial charge on any atom is 0.311 e. The lowest BCUT2D eigenvalue weighted by molar-refractivity contribution is -0.150. The van der Waals surface area contributed by atoms with Gasteiger partial charge >= 0.3 is 5.97 Å². The Morgan fingerprint density at radius 3 is 2.77 bits per heavy atom. The molecule has 2 atom stereocenters. The number of rotatable bonds is 7. The summed E-state index contributed by atoms with van der Waals surface area (Å²) in [6, 6.07) is 6.16. The molecule has 0 aromatic heterocycles. The lowest BCUT2D eigenvalue weighted by atomic mass is 9.76. The summed E-state index contributed by atoms with van der Waals surface area (Å²) in [4.78, 5) is 29.4. The largest absolute Gasteiger partial charge is 0.469 e. The third-order valence-electron chi connectivity index (χ3n) is 6.98. The van der Waals surface area contributed by atoms with Gasteiger partial charge in [-0.1, -0.05) is 19.1 Å². The topological polar surface area (TPSA) is 68.3 Å². The standard InChI is InChI=1S/C24H32N2O5/c1-4-9-26-22(27)14-19(23(28)29-3)24(26)7-10-25(11-8-24)15-17(2)12-18-5-6-20-21(13-18)31-16-30-20/h4-6,13,17,19H,1,7-12,14-16H2,2-3H3. The molecule has 0 radical (unpaired) electrons. The Balaban J connectivity index is 1.38. The molecule has 2 saturated heterocycles. The predicted octanol–water partition coefficient (Wildman–Crippen LogP) is 2.64. The van der Waals surface area contributed by atoms with E-state index in [0.29, 0.717) is 19.3 Å². The minimum Gasteiger partial charge on any atom is -0.469 e. The van der Waals surface area contributed by atoms with Crippen LogP contribution in [0.3, 0.4) is 0 Å². The van der Waals surface area contributed by atoms with Crippen LogP contribution in [0.4, 0.5) is 0 Å². The first-order valence-electron chi connectivity index (χ1n) is 11.1. The number of nitrogens with zero attached hydrogens (tertiary/aromatic N) is 2. The van der Waals surface area contributed by atoms with Crippen LogP contribution in [0.1, 0.15) is 31.7 Å². The zero-order valence-corrected chi connectivity index (χ0v) is 18.5. The summed E-state index contributed by atoms with van der Waals surface area (Å²) in [5.74, 6) is 1.47. The number of piperidine rings is 1. The van der Waals surface area contributed by atoms with Gasteiger partial charge < -0.3 is 24.0 Å². The van der Waals surface area contributed by atoms with Crippen molar-refractivity contribution in [3.63, 3.8) is 0 Å². The highest BCUT2D eigenvalue weighted by atomic mass is 16.7. The average Bonchev–Trinajstić information content (AvgIpc) is 3.33. The number of hydrogen-bond acceptors (Lipinski definition) is 6. The van der Waals surface area contributed by atoms with E-state index in [1.54, 1.807) is 6.08 Å². The number of hydrogen-bond donors (Lipinski definition) is 0. The van der Waals surface area contributed by atoms with Crippen LogP contribution in [-0.2, 0) is 20.7 Å². The van der Waals surface area contributed by atoms with Crippen LogP contribution in [0, 0.1) is 11.8 Å². The van der Waals surface area contributed by atoms with Crippen molar-refractivity contribution < 1.29 is 23.8 Å². The van der Waals surface area contributed by atoms with Crippen molar-refractivity contribution in [3.05, 3.63) is 36.4 Å². The van der Waals surface area contributed by atoms with Crippen molar-refractivity contribution in [1.82, 2.24) is 9.80 Å². The van der Waals surface area contributed by atoms with Gasteiger partial charge in [-0.05, 0) is 42.9 Å². The molecule has 0 saturated carbocycles. The number of ether oxygens (including phenoxy) is 3. The third kappa shape index (κ3) is 4.15. The molecular formula is C24H32N2O5. The number of benzene rings is 1. The Morgan fingerprint density at radius 1 is 1.32 bits per heavy atom. The van der Waals surface area contributed by atoms with Gasteiger partial charge in [0, 0.05) is 32.6 Å². The van der Waals surface area contributed by atoms with Crippen LogP contribution in [-0.4, -0.2) is 67.3 Å². The summed E-state index contributed by atoms with van der Waals surface area (Å²) >= 11 is 0. The van der Waals surface area contributed by atoms with E-state index < -0.39 is 11.5 Å². The minimum absolute atomic E-state index is 0.0277. The van der Waals surface area contributed by atoms with Crippen LogP contribution >= 0.6 is 0 Å². The maximum atomic E-state index is 12.6. The fourth-order valence-electron chi connectivity index (χ4n) is 5.49. The highest BCUT2D eigenvalue weighted by Crippen LogP contribution is 2.44. The summed E-state index contributed by atoms with van der Waals surface area (Å²) in [5.41, 5.74) is 0.796. The summed E-state index contributed by atoms with van der Waals surface area (Å²) in [5, 5.41) is 0. The lowest BCUT2D eigenvalue weighted by Gasteiger charge is -2.47. The van der Waals surface area contributed by atoms with Crippen molar-refractivity contribution in [2.75, 3.05) is 40.1 Å². The molecule has 4 rings (SSSR count). The Kier molecular flexibility index (Phi) is 6.23. The smallest absolute Gasteiger partial charge is 0.311 e. The van der Waals surface area contributed by atoms with Gasteiger partial charge in [0.25, 0.3) is 0 Å². The van der Waals surface area contributed by atoms with Gasteiger partial charge in [0.1, 0.15) is 0 Å². The highest BCUT2D eigenvalue weighted by Gasteiger charge is 2.56. The van der Waals surface area contributed by atoms with E-state index >= 15 is 0 Å². The minimum atomic E-state index is -0.449. The van der Waals surface area contributed by atoms with Gasteiger partial charge in [0.05, 0.1) is 18.6 Å². The molecule has 3 aliphatic rings. The number of carbonyl (C=O) groups excluding carboxylic acids is 2. The predicted molar refractivity (Wildman–Crippen MR) is 116 cm³/mol. The molecule has 1 aromatic rings. The Hall–Kier alpha value is -2.54. The molecule has 3 aliphatic heterocycles. The number of fused-ring (bicyclic) bond motifs is 1. The van der Waals surface area contributed by atoms with E-state index in [1.807, 2.05) is 11.0 Å². The molecule has 1 amide bonds. The van der Waals surface area contributed by atoms with Gasteiger partial charge in [-0.25, -0.2) is 0 Å². The van der Waals surface area contributed by atoms with Crippen LogP contribution in [0.25, 0.3) is 0 Å². The first-order chi connectivity index (χ1) is 15.0. The molecule has 3 heterocycles. The molecule has 31 heavy (non-hydrogen) atoms. The molecule has 0 bridgehead atoms. The first kappa shape index (κ1) is 21.7. The summed E-state index contributed by atoms with van der Waals surface area (Å²) in [7, 11) is 1.41. The average molecular weight is 429 g/mol. The number of carbonyl (C=O) groups is 2. The molecule has 168 valence electrons. The molecule has 0 aliphatic carbocycles. The fraction of sp³-hybridized carbons (Fsp3) is 0.583. The van der Waals surface area contributed by atoms with Crippen LogP contribution < -0.4 is 9.47 Å². The van der Waals surface area contributed by atoms with Gasteiger partial charge in [0.15, 0.2) is 11.5 Å². The van der Waals surface area contributed by atoms with Crippen molar-refractivity contribution in [3.8, 4) is 11.5 Å². The zero-order chi connectivity index (χ0) is 22.0. The molecular weight excluding hydrogens is 396 g/mol. The monoisotopic (exact) mass is 428 g/mol. The summed E-state index contributed by atoms with van der Waals surface area (Å²) in [6.45, 7) is 9.53. The number of amides is 1. The van der Waals surface area contributed by atoms with Crippen molar-refractivity contribution in [2.45, 2.75) is 38.1 Å². The Labute approximate surface area is 183 Å². The van der Waals surface area contributed by atoms with Crippen molar-refractivity contribution >= 4 is 11.9 Å². The SMILES string of the molecule is C=CCN1C(=O)CC(C(=O)OC)C12CCN(CC(C)Cc1ccc3c(c1)OCO3)CC2. The van der Waals surface area contributed by atoms with Crippen molar-refractivity contribution in [1.29, 1.82) is 0 Å². The zero-order valence-electron chi connectivity index (χ0n) is 18.5. The number of esters is 1.